The molecule has 1 aromatic carbocycles. The van der Waals surface area contributed by atoms with Crippen molar-refractivity contribution < 1.29 is 18.0 Å². The third kappa shape index (κ3) is 3.74. The Labute approximate surface area is 174 Å². The van der Waals surface area contributed by atoms with E-state index in [9.17, 15) is 18.0 Å². The van der Waals surface area contributed by atoms with E-state index in [-0.39, 0.29) is 16.7 Å². The number of nitrogens with zero attached hydrogens (tertiary/aromatic N) is 3. The van der Waals surface area contributed by atoms with Crippen LogP contribution in [0.1, 0.15) is 16.1 Å². The molecule has 0 unspecified atom stereocenters. The number of fused-ring (bicyclic) bond motifs is 1. The number of alkyl halides is 3. The lowest BCUT2D eigenvalue weighted by molar-refractivity contribution is -0.137. The molecule has 29 heavy (non-hydrogen) atoms. The fourth-order valence-corrected chi connectivity index (χ4v) is 3.93. The molecule has 1 saturated heterocycles. The van der Waals surface area contributed by atoms with E-state index in [1.165, 1.54) is 0 Å². The third-order valence-electron chi connectivity index (χ3n) is 4.87. The predicted molar refractivity (Wildman–Crippen MR) is 106 cm³/mol. The Bertz CT molecular complexity index is 1070. The van der Waals surface area contributed by atoms with Crippen molar-refractivity contribution in [2.24, 2.45) is 0 Å². The zero-order chi connectivity index (χ0) is 20.8. The number of piperazine rings is 1. The number of halogens is 5. The molecule has 1 amide bonds. The predicted octanol–water partition coefficient (Wildman–Crippen LogP) is 4.85. The zero-order valence-electron chi connectivity index (χ0n) is 14.9. The Balaban J connectivity index is 1.48. The molecule has 1 fully saturated rings. The number of anilines is 1. The number of rotatable bonds is 2. The van der Waals surface area contributed by atoms with E-state index in [1.807, 2.05) is 24.3 Å². The van der Waals surface area contributed by atoms with Crippen molar-refractivity contribution in [2.45, 2.75) is 6.18 Å². The normalized spacial score (nSPS) is 15.2. The van der Waals surface area contributed by atoms with Crippen LogP contribution >= 0.6 is 23.2 Å². The number of pyridine rings is 1. The first-order chi connectivity index (χ1) is 13.8. The quantitative estimate of drug-likeness (QED) is 0.616. The molecule has 4 rings (SSSR count). The van der Waals surface area contributed by atoms with Crippen LogP contribution in [0.2, 0.25) is 10.0 Å². The minimum absolute atomic E-state index is 0.0711. The Morgan fingerprint density at radius 3 is 2.41 bits per heavy atom. The number of hydrogen-bond donors (Lipinski definition) is 1. The first kappa shape index (κ1) is 19.8. The van der Waals surface area contributed by atoms with Gasteiger partial charge in [0.15, 0.2) is 0 Å². The van der Waals surface area contributed by atoms with Gasteiger partial charge in [0, 0.05) is 43.3 Å². The molecule has 5 nitrogen and oxygen atoms in total. The van der Waals surface area contributed by atoms with Gasteiger partial charge in [0.05, 0.1) is 15.6 Å². The van der Waals surface area contributed by atoms with Gasteiger partial charge < -0.3 is 14.8 Å². The lowest BCUT2D eigenvalue weighted by atomic mass is 10.2. The molecule has 0 atom stereocenters. The minimum Gasteiger partial charge on any atom is -0.352 e. The number of carbonyl (C=O) groups is 1. The number of hydrogen-bond acceptors (Lipinski definition) is 3. The summed E-state index contributed by atoms with van der Waals surface area (Å²) in [6, 6.07) is 8.24. The number of nitrogens with one attached hydrogen (secondary N) is 1. The van der Waals surface area contributed by atoms with Crippen molar-refractivity contribution in [3.05, 3.63) is 57.8 Å². The Morgan fingerprint density at radius 1 is 1.10 bits per heavy atom. The molecule has 1 N–H and O–H groups in total. The minimum atomic E-state index is -4.50. The van der Waals surface area contributed by atoms with Crippen molar-refractivity contribution in [2.75, 3.05) is 31.1 Å². The summed E-state index contributed by atoms with van der Waals surface area (Å²) in [4.78, 5) is 23.2. The largest absolute Gasteiger partial charge is 0.417 e. The second-order valence-corrected chi connectivity index (χ2v) is 7.45. The highest BCUT2D eigenvalue weighted by atomic mass is 35.5. The number of amides is 1. The summed E-state index contributed by atoms with van der Waals surface area (Å²) in [6.45, 7) is 1.51. The first-order valence-electron chi connectivity index (χ1n) is 8.79. The van der Waals surface area contributed by atoms with Gasteiger partial charge in [0.1, 0.15) is 11.5 Å². The second-order valence-electron chi connectivity index (χ2n) is 6.67. The summed E-state index contributed by atoms with van der Waals surface area (Å²) in [7, 11) is 0. The molecule has 0 spiro atoms. The third-order valence-corrected chi connectivity index (χ3v) is 5.54. The van der Waals surface area contributed by atoms with E-state index in [1.54, 1.807) is 9.80 Å². The van der Waals surface area contributed by atoms with Crippen molar-refractivity contribution in [1.29, 1.82) is 0 Å². The summed E-state index contributed by atoms with van der Waals surface area (Å²) >= 11 is 12.4. The van der Waals surface area contributed by atoms with Gasteiger partial charge in [-0.2, -0.15) is 13.2 Å². The Hall–Kier alpha value is -2.45. The number of benzene rings is 1. The van der Waals surface area contributed by atoms with Gasteiger partial charge >= 0.3 is 6.18 Å². The van der Waals surface area contributed by atoms with E-state index in [4.69, 9.17) is 23.2 Å². The summed E-state index contributed by atoms with van der Waals surface area (Å²) in [5.41, 5.74) is 0.209. The van der Waals surface area contributed by atoms with Gasteiger partial charge in [-0.05, 0) is 12.1 Å². The van der Waals surface area contributed by atoms with E-state index < -0.39 is 11.7 Å². The average Bonchev–Trinajstić information content (AvgIpc) is 3.04. The van der Waals surface area contributed by atoms with Crippen molar-refractivity contribution >= 4 is 45.8 Å². The summed E-state index contributed by atoms with van der Waals surface area (Å²) in [5.74, 6) is 0.0488. The summed E-state index contributed by atoms with van der Waals surface area (Å²) in [6.07, 6.45) is -3.73. The van der Waals surface area contributed by atoms with Crippen LogP contribution in [-0.2, 0) is 6.18 Å². The first-order valence-corrected chi connectivity index (χ1v) is 9.54. The maximum atomic E-state index is 12.9. The number of carbonyl (C=O) groups excluding carboxylic acids is 1. The molecule has 1 aliphatic rings. The number of aromatic amines is 1. The van der Waals surface area contributed by atoms with Crippen LogP contribution in [0.3, 0.4) is 0 Å². The van der Waals surface area contributed by atoms with Crippen molar-refractivity contribution in [3.63, 3.8) is 0 Å². The average molecular weight is 443 g/mol. The van der Waals surface area contributed by atoms with Gasteiger partial charge in [-0.3, -0.25) is 4.79 Å². The zero-order valence-corrected chi connectivity index (χ0v) is 16.4. The lowest BCUT2D eigenvalue weighted by Crippen LogP contribution is -2.49. The van der Waals surface area contributed by atoms with Crippen LogP contribution in [-0.4, -0.2) is 47.0 Å². The van der Waals surface area contributed by atoms with Crippen LogP contribution < -0.4 is 4.90 Å². The molecule has 0 saturated carbocycles. The van der Waals surface area contributed by atoms with E-state index in [0.29, 0.717) is 36.9 Å². The molecule has 3 heterocycles. The smallest absolute Gasteiger partial charge is 0.352 e. The SMILES string of the molecule is O=C(c1[nH]c2ccccc2c1Cl)N1CCN(c2ncc(C(F)(F)F)cc2Cl)CC1. The van der Waals surface area contributed by atoms with E-state index >= 15 is 0 Å². The number of aromatic nitrogens is 2. The van der Waals surface area contributed by atoms with E-state index in [2.05, 4.69) is 9.97 Å². The van der Waals surface area contributed by atoms with Gasteiger partial charge in [-0.25, -0.2) is 4.98 Å². The van der Waals surface area contributed by atoms with E-state index in [0.717, 1.165) is 23.2 Å². The van der Waals surface area contributed by atoms with Crippen LogP contribution in [0.15, 0.2) is 36.5 Å². The molecule has 3 aromatic rings. The van der Waals surface area contributed by atoms with Crippen LogP contribution in [0.5, 0.6) is 0 Å². The van der Waals surface area contributed by atoms with Crippen LogP contribution in [0.25, 0.3) is 10.9 Å². The molecule has 0 bridgehead atoms. The molecular formula is C19H15Cl2F3N4O. The highest BCUT2D eigenvalue weighted by molar-refractivity contribution is 6.38. The number of para-hydroxylation sites is 1. The van der Waals surface area contributed by atoms with Crippen molar-refractivity contribution in [1.82, 2.24) is 14.9 Å². The summed E-state index contributed by atoms with van der Waals surface area (Å²) in [5, 5.41) is 1.08. The standard InChI is InChI=1S/C19H15Cl2F3N4O/c20-13-9-11(19(22,23)24)10-25-17(13)27-5-7-28(8-6-27)18(29)16-15(21)12-3-1-2-4-14(12)26-16/h1-4,9-10,26H,5-8H2. The molecule has 152 valence electrons. The molecule has 1 aliphatic heterocycles. The monoisotopic (exact) mass is 442 g/mol. The number of H-pyrrole nitrogens is 1. The van der Waals surface area contributed by atoms with Gasteiger partial charge in [0.2, 0.25) is 0 Å². The second kappa shape index (κ2) is 7.42. The van der Waals surface area contributed by atoms with Crippen LogP contribution in [0, 0.1) is 0 Å². The highest BCUT2D eigenvalue weighted by Crippen LogP contribution is 2.34. The summed E-state index contributed by atoms with van der Waals surface area (Å²) < 4.78 is 38.3. The fraction of sp³-hybridized carbons (Fsp3) is 0.263. The van der Waals surface area contributed by atoms with Gasteiger partial charge in [-0.1, -0.05) is 41.4 Å². The topological polar surface area (TPSA) is 52.2 Å². The van der Waals surface area contributed by atoms with Gasteiger partial charge in [0.25, 0.3) is 5.91 Å². The Kier molecular flexibility index (Phi) is 5.08. The van der Waals surface area contributed by atoms with Crippen LogP contribution in [0.4, 0.5) is 19.0 Å². The molecule has 10 heteroatoms. The lowest BCUT2D eigenvalue weighted by Gasteiger charge is -2.35. The maximum Gasteiger partial charge on any atom is 0.417 e. The van der Waals surface area contributed by atoms with Crippen molar-refractivity contribution in [3.8, 4) is 0 Å². The Morgan fingerprint density at radius 2 is 1.79 bits per heavy atom. The fourth-order valence-electron chi connectivity index (χ4n) is 3.35. The highest BCUT2D eigenvalue weighted by Gasteiger charge is 2.33. The molecule has 0 radical (unpaired) electrons. The van der Waals surface area contributed by atoms with Gasteiger partial charge in [-0.15, -0.1) is 0 Å². The molecule has 0 aliphatic carbocycles. The maximum absolute atomic E-state index is 12.9. The molecular weight excluding hydrogens is 428 g/mol. The molecule has 2 aromatic heterocycles.